The third-order valence-electron chi connectivity index (χ3n) is 5.48. The average molecular weight is 390 g/mol. The largest absolute Gasteiger partial charge is 0.377 e. The van der Waals surface area contributed by atoms with Crippen LogP contribution in [0.5, 0.6) is 0 Å². The highest BCUT2D eigenvalue weighted by Crippen LogP contribution is 2.33. The molecule has 1 N–H and O–H groups in total. The summed E-state index contributed by atoms with van der Waals surface area (Å²) < 4.78 is 33.6. The Kier molecular flexibility index (Phi) is 5.61. The fourth-order valence-electron chi connectivity index (χ4n) is 4.05. The zero-order valence-corrected chi connectivity index (χ0v) is 16.3. The van der Waals surface area contributed by atoms with E-state index in [1.165, 1.54) is 0 Å². The number of imidazole rings is 1. The SMILES string of the molecule is O=S(=O)(CC1CCCCO1)N1CCCCC1c1ncc(-c2ccccc2)[nH]1. The molecular formula is C20H27N3O3S. The Labute approximate surface area is 161 Å². The number of nitrogens with zero attached hydrogens (tertiary/aromatic N) is 2. The average Bonchev–Trinajstić information content (AvgIpc) is 3.19. The number of hydrogen-bond acceptors (Lipinski definition) is 4. The molecule has 3 heterocycles. The van der Waals surface area contributed by atoms with Gasteiger partial charge in [0.15, 0.2) is 0 Å². The van der Waals surface area contributed by atoms with Crippen molar-refractivity contribution in [1.29, 1.82) is 0 Å². The molecule has 2 aliphatic heterocycles. The lowest BCUT2D eigenvalue weighted by Crippen LogP contribution is -2.43. The van der Waals surface area contributed by atoms with E-state index in [2.05, 4.69) is 9.97 Å². The topological polar surface area (TPSA) is 75.3 Å². The maximum atomic E-state index is 13.1. The number of rotatable bonds is 5. The van der Waals surface area contributed by atoms with Crippen molar-refractivity contribution in [2.45, 2.75) is 50.7 Å². The van der Waals surface area contributed by atoms with Gasteiger partial charge in [-0.15, -0.1) is 0 Å². The standard InChI is InChI=1S/C20H27N3O3S/c24-27(25,15-17-10-5-7-13-26-17)23-12-6-4-11-19(23)20-21-14-18(22-20)16-8-2-1-3-9-16/h1-3,8-9,14,17,19H,4-7,10-13,15H2,(H,21,22). The molecule has 0 saturated carbocycles. The molecule has 146 valence electrons. The van der Waals surface area contributed by atoms with E-state index >= 15 is 0 Å². The number of nitrogens with one attached hydrogen (secondary N) is 1. The third-order valence-corrected chi connectivity index (χ3v) is 7.42. The van der Waals surface area contributed by atoms with E-state index in [4.69, 9.17) is 4.74 Å². The first kappa shape index (κ1) is 18.7. The van der Waals surface area contributed by atoms with E-state index in [0.717, 1.165) is 55.6 Å². The van der Waals surface area contributed by atoms with E-state index in [-0.39, 0.29) is 17.9 Å². The Hall–Kier alpha value is -1.70. The molecule has 2 saturated heterocycles. The predicted molar refractivity (Wildman–Crippen MR) is 105 cm³/mol. The number of ether oxygens (including phenoxy) is 1. The zero-order chi connectivity index (χ0) is 18.7. The fourth-order valence-corrected chi connectivity index (χ4v) is 5.98. The van der Waals surface area contributed by atoms with E-state index in [1.54, 1.807) is 10.5 Å². The molecule has 1 aromatic carbocycles. The van der Waals surface area contributed by atoms with E-state index in [1.807, 2.05) is 30.3 Å². The Morgan fingerprint density at radius 1 is 1.11 bits per heavy atom. The van der Waals surface area contributed by atoms with Gasteiger partial charge in [-0.3, -0.25) is 0 Å². The highest BCUT2D eigenvalue weighted by Gasteiger charge is 2.36. The molecule has 0 spiro atoms. The normalized spacial score (nSPS) is 24.7. The summed E-state index contributed by atoms with van der Waals surface area (Å²) in [6, 6.07) is 9.77. The molecule has 27 heavy (non-hydrogen) atoms. The smallest absolute Gasteiger partial charge is 0.217 e. The second kappa shape index (κ2) is 8.12. The van der Waals surface area contributed by atoms with Gasteiger partial charge in [-0.2, -0.15) is 4.31 Å². The molecule has 2 unspecified atom stereocenters. The molecule has 0 bridgehead atoms. The Bertz CT molecular complexity index is 844. The number of benzene rings is 1. The second-order valence-corrected chi connectivity index (χ2v) is 9.40. The molecule has 0 amide bonds. The molecule has 0 aliphatic carbocycles. The number of piperidine rings is 1. The van der Waals surface area contributed by atoms with Crippen LogP contribution in [-0.2, 0) is 14.8 Å². The van der Waals surface area contributed by atoms with Crippen molar-refractivity contribution in [3.8, 4) is 11.3 Å². The maximum Gasteiger partial charge on any atom is 0.217 e. The summed E-state index contributed by atoms with van der Waals surface area (Å²) in [6.45, 7) is 1.23. The maximum absolute atomic E-state index is 13.1. The van der Waals surface area contributed by atoms with Crippen LogP contribution >= 0.6 is 0 Å². The summed E-state index contributed by atoms with van der Waals surface area (Å²) >= 11 is 0. The third kappa shape index (κ3) is 4.25. The Balaban J connectivity index is 1.54. The fraction of sp³-hybridized carbons (Fsp3) is 0.550. The van der Waals surface area contributed by atoms with Gasteiger partial charge < -0.3 is 9.72 Å². The van der Waals surface area contributed by atoms with Crippen molar-refractivity contribution in [3.63, 3.8) is 0 Å². The van der Waals surface area contributed by atoms with Crippen LogP contribution in [0, 0.1) is 0 Å². The summed E-state index contributed by atoms with van der Waals surface area (Å²) in [6.07, 6.45) is 7.23. The van der Waals surface area contributed by atoms with Crippen LogP contribution < -0.4 is 0 Å². The van der Waals surface area contributed by atoms with Gasteiger partial charge >= 0.3 is 0 Å². The number of aromatic nitrogens is 2. The molecule has 2 fully saturated rings. The summed E-state index contributed by atoms with van der Waals surface area (Å²) in [5.74, 6) is 0.817. The van der Waals surface area contributed by atoms with Gasteiger partial charge in [0.05, 0.1) is 29.8 Å². The number of sulfonamides is 1. The minimum Gasteiger partial charge on any atom is -0.377 e. The molecule has 7 heteroatoms. The minimum atomic E-state index is -3.39. The van der Waals surface area contributed by atoms with Crippen LogP contribution in [0.15, 0.2) is 36.5 Å². The number of H-pyrrole nitrogens is 1. The van der Waals surface area contributed by atoms with Crippen LogP contribution in [0.1, 0.15) is 50.4 Å². The first-order valence-corrected chi connectivity index (χ1v) is 11.5. The molecule has 2 aliphatic rings. The van der Waals surface area contributed by atoms with Crippen LogP contribution in [0.25, 0.3) is 11.3 Å². The summed E-state index contributed by atoms with van der Waals surface area (Å²) in [7, 11) is -3.39. The molecule has 2 atom stereocenters. The highest BCUT2D eigenvalue weighted by molar-refractivity contribution is 7.89. The van der Waals surface area contributed by atoms with Crippen LogP contribution in [0.2, 0.25) is 0 Å². The molecule has 2 aromatic rings. The second-order valence-electron chi connectivity index (χ2n) is 7.44. The van der Waals surface area contributed by atoms with Gasteiger partial charge in [-0.25, -0.2) is 13.4 Å². The Morgan fingerprint density at radius 2 is 1.93 bits per heavy atom. The lowest BCUT2D eigenvalue weighted by Gasteiger charge is -2.35. The summed E-state index contributed by atoms with van der Waals surface area (Å²) in [5, 5.41) is 0. The van der Waals surface area contributed by atoms with E-state index in [0.29, 0.717) is 13.2 Å². The van der Waals surface area contributed by atoms with Crippen molar-refractivity contribution >= 4 is 10.0 Å². The number of aromatic amines is 1. The van der Waals surface area contributed by atoms with Crippen molar-refractivity contribution in [2.24, 2.45) is 0 Å². The zero-order valence-electron chi connectivity index (χ0n) is 15.5. The molecule has 4 rings (SSSR count). The lowest BCUT2D eigenvalue weighted by atomic mass is 10.0. The van der Waals surface area contributed by atoms with Crippen molar-refractivity contribution < 1.29 is 13.2 Å². The Morgan fingerprint density at radius 3 is 2.70 bits per heavy atom. The first-order chi connectivity index (χ1) is 13.1. The lowest BCUT2D eigenvalue weighted by molar-refractivity contribution is 0.0295. The predicted octanol–water partition coefficient (Wildman–Crippen LogP) is 3.50. The van der Waals surface area contributed by atoms with Gasteiger partial charge in [0, 0.05) is 13.2 Å². The molecular weight excluding hydrogens is 362 g/mol. The first-order valence-electron chi connectivity index (χ1n) is 9.85. The van der Waals surface area contributed by atoms with E-state index in [9.17, 15) is 8.42 Å². The minimum absolute atomic E-state index is 0.0791. The number of hydrogen-bond donors (Lipinski definition) is 1. The van der Waals surface area contributed by atoms with E-state index < -0.39 is 10.0 Å². The van der Waals surface area contributed by atoms with Gasteiger partial charge in [0.1, 0.15) is 5.82 Å². The van der Waals surface area contributed by atoms with Crippen LogP contribution in [-0.4, -0.2) is 47.7 Å². The van der Waals surface area contributed by atoms with Crippen molar-refractivity contribution in [2.75, 3.05) is 18.9 Å². The summed E-state index contributed by atoms with van der Waals surface area (Å²) in [5.41, 5.74) is 1.97. The molecule has 6 nitrogen and oxygen atoms in total. The highest BCUT2D eigenvalue weighted by atomic mass is 32.2. The van der Waals surface area contributed by atoms with Gasteiger partial charge in [-0.05, 0) is 37.7 Å². The van der Waals surface area contributed by atoms with Crippen LogP contribution in [0.3, 0.4) is 0 Å². The monoisotopic (exact) mass is 389 g/mol. The molecule has 0 radical (unpaired) electrons. The van der Waals surface area contributed by atoms with Crippen molar-refractivity contribution in [1.82, 2.24) is 14.3 Å². The quantitative estimate of drug-likeness (QED) is 0.849. The molecule has 1 aromatic heterocycles. The van der Waals surface area contributed by atoms with Crippen molar-refractivity contribution in [3.05, 3.63) is 42.4 Å². The van der Waals surface area contributed by atoms with Crippen LogP contribution in [0.4, 0.5) is 0 Å². The van der Waals surface area contributed by atoms with Gasteiger partial charge in [-0.1, -0.05) is 36.8 Å². The van der Waals surface area contributed by atoms with Gasteiger partial charge in [0.25, 0.3) is 0 Å². The van der Waals surface area contributed by atoms with Gasteiger partial charge in [0.2, 0.25) is 10.0 Å². The summed E-state index contributed by atoms with van der Waals surface area (Å²) in [4.78, 5) is 7.89.